The molecule has 0 aliphatic rings. The number of hydrogen-bond acceptors (Lipinski definition) is 4. The second kappa shape index (κ2) is 5.85. The molecule has 0 heterocycles. The Balaban J connectivity index is 3.68. The van der Waals surface area contributed by atoms with Crippen molar-refractivity contribution in [3.05, 3.63) is 35.8 Å². The van der Waals surface area contributed by atoms with Gasteiger partial charge in [-0.05, 0) is 5.56 Å². The molecule has 0 aliphatic heterocycles. The highest BCUT2D eigenvalue weighted by Crippen LogP contribution is 2.27. The molecule has 0 fully saturated rings. The summed E-state index contributed by atoms with van der Waals surface area (Å²) in [7, 11) is 0. The minimum Gasteiger partial charge on any atom is -0.446 e. The van der Waals surface area contributed by atoms with E-state index < -0.39 is 48.6 Å². The average Bonchev–Trinajstić information content (AvgIpc) is 2.32. The summed E-state index contributed by atoms with van der Waals surface area (Å²) in [6, 6.07) is 1.36. The van der Waals surface area contributed by atoms with Crippen LogP contribution in [0, 0.1) is 0 Å². The molecule has 1 aromatic rings. The molecule has 0 aromatic heterocycles. The van der Waals surface area contributed by atoms with Crippen LogP contribution in [0.2, 0.25) is 0 Å². The zero-order valence-corrected chi connectivity index (χ0v) is 8.90. The summed E-state index contributed by atoms with van der Waals surface area (Å²) in [5, 5.41) is 0. The quantitative estimate of drug-likeness (QED) is 0.827. The normalized spacial score (nSPS) is 17.2. The minimum atomic E-state index is -3.99. The van der Waals surface area contributed by atoms with Crippen LogP contribution in [0.25, 0.3) is 0 Å². The maximum atomic E-state index is 15.6. The lowest BCUT2D eigenvalue weighted by molar-refractivity contribution is -0.00109. The van der Waals surface area contributed by atoms with Crippen LogP contribution < -0.4 is 11.5 Å². The third kappa shape index (κ3) is 3.93. The molecule has 0 bridgehead atoms. The lowest BCUT2D eigenvalue weighted by Crippen LogP contribution is -2.36. The molecule has 0 radical (unpaired) electrons. The van der Waals surface area contributed by atoms with Gasteiger partial charge in [-0.15, -0.1) is 0 Å². The molecule has 1 rings (SSSR count). The molecular weight excluding hydrogens is 243 g/mol. The van der Waals surface area contributed by atoms with Crippen molar-refractivity contribution in [3.8, 4) is 0 Å². The van der Waals surface area contributed by atoms with Crippen LogP contribution in [0.3, 0.4) is 0 Å². The van der Waals surface area contributed by atoms with Crippen LogP contribution in [-0.4, -0.2) is 25.3 Å². The van der Waals surface area contributed by atoms with E-state index >= 15 is 4.39 Å². The standard InChI is InChI=1S/C11H13FN2O4/c12-11(6-17-9(13)15,7-18-10(14)16)8-4-2-1-3-5-8/h1-5H,6-7H2,(H2,13,15)(H2,14,16)/i2D,3D,6D2,7D2. The molecule has 0 aliphatic carbocycles. The first-order valence-electron chi connectivity index (χ1n) is 7.47. The molecule has 2 amide bonds. The second-order valence-corrected chi connectivity index (χ2v) is 2.93. The zero-order chi connectivity index (χ0) is 18.9. The van der Waals surface area contributed by atoms with Crippen LogP contribution in [-0.2, 0) is 15.1 Å². The van der Waals surface area contributed by atoms with Gasteiger partial charge in [0.1, 0.15) is 13.1 Å². The number of hydrogen-bond donors (Lipinski definition) is 2. The fourth-order valence-corrected chi connectivity index (χ4v) is 0.931. The molecule has 4 N–H and O–H groups in total. The first-order valence-corrected chi connectivity index (χ1v) is 4.47. The molecule has 0 saturated heterocycles. The number of ether oxygens (including phenoxy) is 2. The Bertz CT molecular complexity index is 624. The fraction of sp³-hybridized carbons (Fsp3) is 0.273. The van der Waals surface area contributed by atoms with Gasteiger partial charge in [0.2, 0.25) is 5.67 Å². The first-order chi connectivity index (χ1) is 10.7. The largest absolute Gasteiger partial charge is 0.446 e. The van der Waals surface area contributed by atoms with E-state index in [1.54, 1.807) is 0 Å². The highest BCUT2D eigenvalue weighted by atomic mass is 19.1. The third-order valence-corrected chi connectivity index (χ3v) is 1.63. The first kappa shape index (κ1) is 7.20. The topological polar surface area (TPSA) is 105 Å². The zero-order valence-electron chi connectivity index (χ0n) is 14.9. The summed E-state index contributed by atoms with van der Waals surface area (Å²) >= 11 is 0. The van der Waals surface area contributed by atoms with Crippen LogP contribution in [0.1, 0.15) is 13.8 Å². The Kier molecular flexibility index (Phi) is 2.34. The molecule has 0 atom stereocenters. The number of primary amides is 2. The maximum absolute atomic E-state index is 15.6. The van der Waals surface area contributed by atoms with Crippen molar-refractivity contribution in [1.29, 1.82) is 0 Å². The van der Waals surface area contributed by atoms with Gasteiger partial charge in [-0.2, -0.15) is 0 Å². The van der Waals surface area contributed by atoms with Crippen molar-refractivity contribution >= 4 is 12.2 Å². The second-order valence-electron chi connectivity index (χ2n) is 2.93. The van der Waals surface area contributed by atoms with Gasteiger partial charge >= 0.3 is 12.2 Å². The molecule has 7 heteroatoms. The number of alkyl halides is 1. The van der Waals surface area contributed by atoms with Crippen LogP contribution >= 0.6 is 0 Å². The molecule has 0 saturated carbocycles. The van der Waals surface area contributed by atoms with Crippen molar-refractivity contribution in [2.24, 2.45) is 11.5 Å². The predicted octanol–water partition coefficient (Wildman–Crippen LogP) is 1.04. The van der Waals surface area contributed by atoms with E-state index in [0.29, 0.717) is 12.1 Å². The highest BCUT2D eigenvalue weighted by Gasteiger charge is 2.35. The number of rotatable bonds is 5. The lowest BCUT2D eigenvalue weighted by Gasteiger charge is -2.24. The van der Waals surface area contributed by atoms with Crippen molar-refractivity contribution in [3.63, 3.8) is 0 Å². The molecule has 6 nitrogen and oxygen atoms in total. The van der Waals surface area contributed by atoms with E-state index in [-0.39, 0.29) is 0 Å². The number of nitrogens with two attached hydrogens (primary N) is 2. The molecule has 98 valence electrons. The fourth-order valence-electron chi connectivity index (χ4n) is 0.931. The predicted molar refractivity (Wildman–Crippen MR) is 60.3 cm³/mol. The van der Waals surface area contributed by atoms with Gasteiger partial charge in [-0.25, -0.2) is 14.0 Å². The number of halogens is 1. The van der Waals surface area contributed by atoms with Gasteiger partial charge in [0.15, 0.2) is 0 Å². The third-order valence-electron chi connectivity index (χ3n) is 1.63. The Morgan fingerprint density at radius 3 is 2.11 bits per heavy atom. The minimum absolute atomic E-state index is 0.468. The molecule has 0 spiro atoms. The molecule has 0 unspecified atom stereocenters. The molecule has 18 heavy (non-hydrogen) atoms. The van der Waals surface area contributed by atoms with Gasteiger partial charge in [0.05, 0.1) is 8.22 Å². The van der Waals surface area contributed by atoms with Crippen LogP contribution in [0.15, 0.2) is 30.3 Å². The lowest BCUT2D eigenvalue weighted by atomic mass is 9.97. The Labute approximate surface area is 111 Å². The van der Waals surface area contributed by atoms with Gasteiger partial charge in [0, 0.05) is 0 Å². The molecular formula is C11H13FN2O4. The maximum Gasteiger partial charge on any atom is 0.404 e. The van der Waals surface area contributed by atoms with Crippen LogP contribution in [0.5, 0.6) is 0 Å². The monoisotopic (exact) mass is 262 g/mol. The van der Waals surface area contributed by atoms with E-state index in [2.05, 4.69) is 20.9 Å². The van der Waals surface area contributed by atoms with E-state index in [1.165, 1.54) is 0 Å². The number of carbonyl (C=O) groups is 2. The van der Waals surface area contributed by atoms with E-state index in [1.807, 2.05) is 0 Å². The van der Waals surface area contributed by atoms with E-state index in [0.717, 1.165) is 6.07 Å². The highest BCUT2D eigenvalue weighted by molar-refractivity contribution is 5.65. The van der Waals surface area contributed by atoms with Crippen LogP contribution in [0.4, 0.5) is 14.0 Å². The van der Waals surface area contributed by atoms with Gasteiger partial charge in [0.25, 0.3) is 0 Å². The van der Waals surface area contributed by atoms with Crippen molar-refractivity contribution in [2.75, 3.05) is 13.1 Å². The number of benzene rings is 1. The van der Waals surface area contributed by atoms with Gasteiger partial charge < -0.3 is 20.9 Å². The SMILES string of the molecule is [2H]c1cc([2H])cc(C(F)(C([2H])([2H])OC(N)=O)C([2H])([2H])OC(N)=O)c1. The summed E-state index contributed by atoms with van der Waals surface area (Å²) in [6.07, 6.45) is -3.55. The van der Waals surface area contributed by atoms with Crippen molar-refractivity contribution in [2.45, 2.75) is 5.67 Å². The smallest absolute Gasteiger partial charge is 0.404 e. The Morgan fingerprint density at radius 2 is 1.72 bits per heavy atom. The van der Waals surface area contributed by atoms with Crippen molar-refractivity contribution in [1.82, 2.24) is 0 Å². The number of amides is 2. The molecule has 1 aromatic carbocycles. The summed E-state index contributed by atoms with van der Waals surface area (Å²) in [6.45, 7) is -7.56. The summed E-state index contributed by atoms with van der Waals surface area (Å²) in [4.78, 5) is 21.7. The summed E-state index contributed by atoms with van der Waals surface area (Å²) in [5.41, 5.74) is 4.40. The Morgan fingerprint density at radius 1 is 1.28 bits per heavy atom. The summed E-state index contributed by atoms with van der Waals surface area (Å²) in [5.74, 6) is 0. The Hall–Kier alpha value is -2.31. The number of carbonyl (C=O) groups excluding carboxylic acids is 2. The van der Waals surface area contributed by atoms with E-state index in [4.69, 9.17) is 8.22 Å². The van der Waals surface area contributed by atoms with Crippen molar-refractivity contribution < 1.29 is 31.7 Å². The van der Waals surface area contributed by atoms with Gasteiger partial charge in [-0.1, -0.05) is 30.3 Å². The average molecular weight is 262 g/mol. The summed E-state index contributed by atoms with van der Waals surface area (Å²) < 4.78 is 68.7. The van der Waals surface area contributed by atoms with Gasteiger partial charge in [-0.3, -0.25) is 0 Å². The van der Waals surface area contributed by atoms with E-state index in [9.17, 15) is 9.59 Å².